The number of fused-ring (bicyclic) bond motifs is 1. The van der Waals surface area contributed by atoms with Gasteiger partial charge in [-0.25, -0.2) is 9.38 Å². The minimum absolute atomic E-state index is 0.177. The summed E-state index contributed by atoms with van der Waals surface area (Å²) in [6, 6.07) is 2.84. The van der Waals surface area contributed by atoms with Crippen molar-refractivity contribution in [2.24, 2.45) is 16.6 Å². The monoisotopic (exact) mass is 281 g/mol. The van der Waals surface area contributed by atoms with Crippen molar-refractivity contribution in [3.05, 3.63) is 29.1 Å². The highest BCUT2D eigenvalue weighted by atomic mass is 19.1. The molecule has 0 fully saturated rings. The molecule has 1 aliphatic heterocycles. The van der Waals surface area contributed by atoms with E-state index >= 15 is 0 Å². The Morgan fingerprint density at radius 3 is 3.05 bits per heavy atom. The summed E-state index contributed by atoms with van der Waals surface area (Å²) in [7, 11) is 0. The average Bonchev–Trinajstić information content (AvgIpc) is 2.42. The molecule has 3 N–H and O–H groups in total. The number of nitrogens with zero attached hydrogens (tertiary/aromatic N) is 1. The van der Waals surface area contributed by atoms with E-state index in [-0.39, 0.29) is 19.2 Å². The zero-order valence-electron chi connectivity index (χ0n) is 11.8. The van der Waals surface area contributed by atoms with Crippen molar-refractivity contribution < 1.29 is 13.9 Å². The lowest BCUT2D eigenvalue weighted by Gasteiger charge is -2.20. The summed E-state index contributed by atoms with van der Waals surface area (Å²) in [5.74, 6) is 1.16. The van der Waals surface area contributed by atoms with Crippen LogP contribution in [0.2, 0.25) is 0 Å². The van der Waals surface area contributed by atoms with E-state index in [1.54, 1.807) is 0 Å². The number of halogens is 1. The third-order valence-corrected chi connectivity index (χ3v) is 2.86. The zero-order valence-corrected chi connectivity index (χ0v) is 11.8. The van der Waals surface area contributed by atoms with Gasteiger partial charge in [0.15, 0.2) is 12.8 Å². The van der Waals surface area contributed by atoms with E-state index in [2.05, 4.69) is 24.2 Å². The number of hydrogen-bond donors (Lipinski definition) is 2. The molecule has 0 amide bonds. The third-order valence-electron chi connectivity index (χ3n) is 2.86. The predicted molar refractivity (Wildman–Crippen MR) is 74.9 cm³/mol. The highest BCUT2D eigenvalue weighted by Crippen LogP contribution is 2.29. The van der Waals surface area contributed by atoms with E-state index in [4.69, 9.17) is 15.2 Å². The Kier molecular flexibility index (Phi) is 4.79. The number of guanidine groups is 1. The van der Waals surface area contributed by atoms with Crippen LogP contribution in [0.15, 0.2) is 17.1 Å². The van der Waals surface area contributed by atoms with Gasteiger partial charge in [0.1, 0.15) is 11.6 Å². The molecule has 110 valence electrons. The molecule has 0 aliphatic carbocycles. The molecule has 1 aromatic carbocycles. The van der Waals surface area contributed by atoms with E-state index in [1.807, 2.05) is 0 Å². The normalized spacial score (nSPS) is 14.9. The van der Waals surface area contributed by atoms with Gasteiger partial charge >= 0.3 is 0 Å². The van der Waals surface area contributed by atoms with Gasteiger partial charge < -0.3 is 20.5 Å². The maximum atomic E-state index is 13.5. The number of benzene rings is 1. The van der Waals surface area contributed by atoms with Gasteiger partial charge in [-0.15, -0.1) is 0 Å². The molecule has 0 aromatic heterocycles. The lowest BCUT2D eigenvalue weighted by Crippen LogP contribution is -2.34. The van der Waals surface area contributed by atoms with Crippen LogP contribution in [0, 0.1) is 11.7 Å². The maximum Gasteiger partial charge on any atom is 0.189 e. The second-order valence-electron chi connectivity index (χ2n) is 5.14. The van der Waals surface area contributed by atoms with Gasteiger partial charge in [0.25, 0.3) is 0 Å². The van der Waals surface area contributed by atoms with Gasteiger partial charge in [0, 0.05) is 17.7 Å². The molecule has 0 atom stereocenters. The molecular weight excluding hydrogens is 261 g/mol. The van der Waals surface area contributed by atoms with E-state index in [1.165, 1.54) is 12.1 Å². The first kappa shape index (κ1) is 14.6. The Labute approximate surface area is 118 Å². The van der Waals surface area contributed by atoms with Crippen molar-refractivity contribution in [1.82, 2.24) is 5.32 Å². The quantitative estimate of drug-likeness (QED) is 0.651. The van der Waals surface area contributed by atoms with Crippen LogP contribution in [0.5, 0.6) is 5.75 Å². The molecule has 0 spiro atoms. The number of ether oxygens (including phenoxy) is 2. The Morgan fingerprint density at radius 2 is 2.30 bits per heavy atom. The summed E-state index contributed by atoms with van der Waals surface area (Å²) in [5.41, 5.74) is 7.15. The molecule has 0 saturated heterocycles. The van der Waals surface area contributed by atoms with Gasteiger partial charge in [0.05, 0.1) is 13.2 Å². The number of hydrogen-bond acceptors (Lipinski definition) is 3. The van der Waals surface area contributed by atoms with Gasteiger partial charge in [-0.1, -0.05) is 13.8 Å². The summed E-state index contributed by atoms with van der Waals surface area (Å²) < 4.78 is 24.1. The van der Waals surface area contributed by atoms with Crippen molar-refractivity contribution in [2.75, 3.05) is 13.3 Å². The lowest BCUT2D eigenvalue weighted by molar-refractivity contribution is -0.0172. The molecule has 5 nitrogen and oxygen atoms in total. The molecular formula is C14H20FN3O2. The maximum absolute atomic E-state index is 13.5. The second kappa shape index (κ2) is 6.56. The van der Waals surface area contributed by atoms with Gasteiger partial charge in [-0.3, -0.25) is 0 Å². The third kappa shape index (κ3) is 3.84. The van der Waals surface area contributed by atoms with Crippen LogP contribution in [0.25, 0.3) is 0 Å². The van der Waals surface area contributed by atoms with Gasteiger partial charge in [-0.05, 0) is 18.1 Å². The molecule has 20 heavy (non-hydrogen) atoms. The summed E-state index contributed by atoms with van der Waals surface area (Å²) in [6.07, 6.45) is 0. The molecule has 1 aliphatic rings. The Morgan fingerprint density at radius 1 is 1.50 bits per heavy atom. The van der Waals surface area contributed by atoms with Crippen molar-refractivity contribution in [2.45, 2.75) is 27.0 Å². The smallest absolute Gasteiger partial charge is 0.189 e. The highest BCUT2D eigenvalue weighted by Gasteiger charge is 2.16. The van der Waals surface area contributed by atoms with Crippen LogP contribution in [-0.2, 0) is 17.9 Å². The van der Waals surface area contributed by atoms with Crippen molar-refractivity contribution in [1.29, 1.82) is 0 Å². The molecule has 1 heterocycles. The molecule has 0 saturated carbocycles. The first-order valence-electron chi connectivity index (χ1n) is 6.62. The minimum atomic E-state index is -0.322. The predicted octanol–water partition coefficient (Wildman–Crippen LogP) is 1.75. The van der Waals surface area contributed by atoms with Gasteiger partial charge in [-0.2, -0.15) is 0 Å². The number of nitrogens with two attached hydrogens (primary N) is 1. The van der Waals surface area contributed by atoms with Crippen molar-refractivity contribution in [3.8, 4) is 5.75 Å². The second-order valence-corrected chi connectivity index (χ2v) is 5.14. The standard InChI is InChI=1S/C14H20FN3O2/c1-9(2)5-17-14(16)18-6-10-3-12(15)4-11-7-19-8-20-13(10)11/h3-4,9H,5-8H2,1-2H3,(H3,16,17,18). The molecule has 1 aromatic rings. The van der Waals surface area contributed by atoms with E-state index < -0.39 is 0 Å². The van der Waals surface area contributed by atoms with Crippen LogP contribution in [0.4, 0.5) is 4.39 Å². The molecule has 0 unspecified atom stereocenters. The molecule has 0 radical (unpaired) electrons. The van der Waals surface area contributed by atoms with Crippen molar-refractivity contribution in [3.63, 3.8) is 0 Å². The fraction of sp³-hybridized carbons (Fsp3) is 0.500. The number of nitrogens with one attached hydrogen (secondary N) is 1. The van der Waals surface area contributed by atoms with Gasteiger partial charge in [0.2, 0.25) is 0 Å². The summed E-state index contributed by atoms with van der Waals surface area (Å²) in [6.45, 7) is 5.72. The van der Waals surface area contributed by atoms with E-state index in [9.17, 15) is 4.39 Å². The summed E-state index contributed by atoms with van der Waals surface area (Å²) in [4.78, 5) is 4.21. The molecule has 0 bridgehead atoms. The van der Waals surface area contributed by atoms with E-state index in [0.717, 1.165) is 6.54 Å². The highest BCUT2D eigenvalue weighted by molar-refractivity contribution is 5.77. The summed E-state index contributed by atoms with van der Waals surface area (Å²) in [5, 5.41) is 3.02. The first-order chi connectivity index (χ1) is 9.56. The minimum Gasteiger partial charge on any atom is -0.467 e. The van der Waals surface area contributed by atoms with Crippen molar-refractivity contribution >= 4 is 5.96 Å². The van der Waals surface area contributed by atoms with E-state index in [0.29, 0.717) is 35.4 Å². The van der Waals surface area contributed by atoms with Crippen LogP contribution in [0.1, 0.15) is 25.0 Å². The van der Waals surface area contributed by atoms with Crippen LogP contribution < -0.4 is 15.8 Å². The first-order valence-corrected chi connectivity index (χ1v) is 6.62. The van der Waals surface area contributed by atoms with Crippen LogP contribution >= 0.6 is 0 Å². The Bertz CT molecular complexity index is 503. The Hall–Kier alpha value is -1.82. The Balaban J connectivity index is 2.09. The molecule has 6 heteroatoms. The number of aliphatic imine (C=N–C) groups is 1. The fourth-order valence-electron chi connectivity index (χ4n) is 1.91. The fourth-order valence-corrected chi connectivity index (χ4v) is 1.91. The summed E-state index contributed by atoms with van der Waals surface area (Å²) >= 11 is 0. The zero-order chi connectivity index (χ0) is 14.5. The SMILES string of the molecule is CC(C)CNC(N)=NCc1cc(F)cc2c1OCOC2. The molecule has 2 rings (SSSR count). The largest absolute Gasteiger partial charge is 0.467 e. The van der Waals surface area contributed by atoms with Crippen LogP contribution in [-0.4, -0.2) is 19.3 Å². The van der Waals surface area contributed by atoms with Crippen LogP contribution in [0.3, 0.4) is 0 Å². The topological polar surface area (TPSA) is 68.9 Å². The lowest BCUT2D eigenvalue weighted by atomic mass is 10.1. The number of rotatable bonds is 4. The average molecular weight is 281 g/mol.